The standard InChI is InChI=1S/C22H18O5/c1-12-13(2)22(23)27-20-10-19-16(9-15(12)20)17(11-26-19)14-4-5-18-21(8-14)25-7-3-6-24-18/h4-5,8-11H,3,6-7H2,1-2H3. The maximum atomic E-state index is 12.0. The molecule has 0 spiro atoms. The van der Waals surface area contributed by atoms with Gasteiger partial charge in [-0.15, -0.1) is 0 Å². The van der Waals surface area contributed by atoms with Crippen LogP contribution in [0.2, 0.25) is 0 Å². The SMILES string of the molecule is Cc1c(C)c2cc3c(-c4ccc5c(c4)OCCCO5)coc3cc2oc1=O. The third-order valence-electron chi connectivity index (χ3n) is 5.21. The van der Waals surface area contributed by atoms with Crippen LogP contribution in [0.1, 0.15) is 17.5 Å². The van der Waals surface area contributed by atoms with Crippen molar-refractivity contribution in [3.8, 4) is 22.6 Å². The molecule has 0 aliphatic carbocycles. The van der Waals surface area contributed by atoms with E-state index in [0.29, 0.717) is 29.9 Å². The van der Waals surface area contributed by atoms with Gasteiger partial charge in [0.15, 0.2) is 11.5 Å². The molecular formula is C22H18O5. The summed E-state index contributed by atoms with van der Waals surface area (Å²) in [4.78, 5) is 12.0. The molecule has 0 bridgehead atoms. The molecule has 0 N–H and O–H groups in total. The molecule has 2 aromatic carbocycles. The van der Waals surface area contributed by atoms with Crippen molar-refractivity contribution in [1.82, 2.24) is 0 Å². The number of fused-ring (bicyclic) bond motifs is 3. The summed E-state index contributed by atoms with van der Waals surface area (Å²) >= 11 is 0. The minimum Gasteiger partial charge on any atom is -0.490 e. The van der Waals surface area contributed by atoms with Crippen LogP contribution in [0.25, 0.3) is 33.1 Å². The van der Waals surface area contributed by atoms with E-state index in [-0.39, 0.29) is 5.63 Å². The number of aryl methyl sites for hydroxylation is 1. The Hall–Kier alpha value is -3.21. The van der Waals surface area contributed by atoms with Crippen molar-refractivity contribution in [2.24, 2.45) is 0 Å². The van der Waals surface area contributed by atoms with Crippen molar-refractivity contribution in [2.45, 2.75) is 20.3 Å². The molecular weight excluding hydrogens is 344 g/mol. The number of rotatable bonds is 1. The second kappa shape index (κ2) is 5.91. The molecule has 3 heterocycles. The lowest BCUT2D eigenvalue weighted by Gasteiger charge is -2.09. The molecule has 0 fully saturated rings. The van der Waals surface area contributed by atoms with Crippen LogP contribution in [0.15, 0.2) is 50.2 Å². The molecule has 1 aliphatic rings. The molecule has 2 aromatic heterocycles. The third-order valence-corrected chi connectivity index (χ3v) is 5.21. The maximum Gasteiger partial charge on any atom is 0.339 e. The van der Waals surface area contributed by atoms with Gasteiger partial charge in [0.2, 0.25) is 0 Å². The van der Waals surface area contributed by atoms with Gasteiger partial charge in [-0.25, -0.2) is 4.79 Å². The average Bonchev–Trinajstić information content (AvgIpc) is 2.93. The zero-order chi connectivity index (χ0) is 18.5. The summed E-state index contributed by atoms with van der Waals surface area (Å²) < 4.78 is 22.7. The van der Waals surface area contributed by atoms with Crippen LogP contribution in [-0.2, 0) is 0 Å². The van der Waals surface area contributed by atoms with Crippen LogP contribution < -0.4 is 15.1 Å². The minimum atomic E-state index is -0.311. The van der Waals surface area contributed by atoms with Gasteiger partial charge in [0.1, 0.15) is 11.2 Å². The van der Waals surface area contributed by atoms with E-state index in [0.717, 1.165) is 45.4 Å². The summed E-state index contributed by atoms with van der Waals surface area (Å²) in [5.41, 5.74) is 4.41. The van der Waals surface area contributed by atoms with E-state index in [1.807, 2.05) is 31.2 Å². The van der Waals surface area contributed by atoms with E-state index in [2.05, 4.69) is 0 Å². The Bertz CT molecular complexity index is 1250. The van der Waals surface area contributed by atoms with Gasteiger partial charge >= 0.3 is 5.63 Å². The van der Waals surface area contributed by atoms with E-state index < -0.39 is 0 Å². The van der Waals surface area contributed by atoms with Crippen LogP contribution in [0, 0.1) is 13.8 Å². The smallest absolute Gasteiger partial charge is 0.339 e. The normalized spacial score (nSPS) is 13.9. The third kappa shape index (κ3) is 2.50. The Balaban J connectivity index is 1.72. The molecule has 1 aliphatic heterocycles. The van der Waals surface area contributed by atoms with Gasteiger partial charge in [0.05, 0.1) is 19.5 Å². The van der Waals surface area contributed by atoms with Crippen molar-refractivity contribution in [3.63, 3.8) is 0 Å². The van der Waals surface area contributed by atoms with E-state index in [1.165, 1.54) is 0 Å². The van der Waals surface area contributed by atoms with E-state index in [9.17, 15) is 4.79 Å². The molecule has 0 unspecified atom stereocenters. The number of furan rings is 1. The largest absolute Gasteiger partial charge is 0.490 e. The van der Waals surface area contributed by atoms with Crippen LogP contribution in [0.5, 0.6) is 11.5 Å². The molecule has 5 nitrogen and oxygen atoms in total. The topological polar surface area (TPSA) is 61.8 Å². The van der Waals surface area contributed by atoms with Gasteiger partial charge in [-0.05, 0) is 43.2 Å². The summed E-state index contributed by atoms with van der Waals surface area (Å²) in [5.74, 6) is 1.51. The fourth-order valence-electron chi connectivity index (χ4n) is 3.52. The molecule has 4 aromatic rings. The van der Waals surface area contributed by atoms with Crippen molar-refractivity contribution in [1.29, 1.82) is 0 Å². The summed E-state index contributed by atoms with van der Waals surface area (Å²) in [7, 11) is 0. The number of hydrogen-bond donors (Lipinski definition) is 0. The molecule has 5 rings (SSSR count). The highest BCUT2D eigenvalue weighted by Crippen LogP contribution is 2.39. The Morgan fingerprint density at radius 2 is 1.67 bits per heavy atom. The summed E-state index contributed by atoms with van der Waals surface area (Å²) in [5, 5.41) is 1.88. The van der Waals surface area contributed by atoms with Crippen LogP contribution in [0.3, 0.4) is 0 Å². The number of ether oxygens (including phenoxy) is 2. The summed E-state index contributed by atoms with van der Waals surface area (Å²) in [6.45, 7) is 5.03. The van der Waals surface area contributed by atoms with Gasteiger partial charge in [0, 0.05) is 34.4 Å². The first-order valence-electron chi connectivity index (χ1n) is 8.97. The van der Waals surface area contributed by atoms with Crippen molar-refractivity contribution < 1.29 is 18.3 Å². The molecule has 0 amide bonds. The highest BCUT2D eigenvalue weighted by molar-refractivity contribution is 6.02. The lowest BCUT2D eigenvalue weighted by atomic mass is 10.0. The Kier molecular flexibility index (Phi) is 3.50. The molecule has 0 radical (unpaired) electrons. The van der Waals surface area contributed by atoms with E-state index in [1.54, 1.807) is 19.3 Å². The highest BCUT2D eigenvalue weighted by Gasteiger charge is 2.16. The Morgan fingerprint density at radius 1 is 0.852 bits per heavy atom. The Labute approximate surface area is 155 Å². The van der Waals surface area contributed by atoms with Crippen molar-refractivity contribution in [3.05, 3.63) is 58.1 Å². The van der Waals surface area contributed by atoms with E-state index >= 15 is 0 Å². The van der Waals surface area contributed by atoms with Crippen LogP contribution >= 0.6 is 0 Å². The van der Waals surface area contributed by atoms with Gasteiger partial charge in [-0.2, -0.15) is 0 Å². The zero-order valence-corrected chi connectivity index (χ0v) is 15.1. The highest BCUT2D eigenvalue weighted by atomic mass is 16.5. The molecule has 0 saturated heterocycles. The first kappa shape index (κ1) is 16.0. The molecule has 27 heavy (non-hydrogen) atoms. The van der Waals surface area contributed by atoms with Crippen LogP contribution in [0.4, 0.5) is 0 Å². The molecule has 5 heteroatoms. The van der Waals surface area contributed by atoms with Gasteiger partial charge in [-0.1, -0.05) is 6.07 Å². The average molecular weight is 362 g/mol. The molecule has 136 valence electrons. The number of hydrogen-bond acceptors (Lipinski definition) is 5. The lowest BCUT2D eigenvalue weighted by molar-refractivity contribution is 0.297. The van der Waals surface area contributed by atoms with E-state index in [4.69, 9.17) is 18.3 Å². The predicted octanol–water partition coefficient (Wildman–Crippen LogP) is 4.98. The minimum absolute atomic E-state index is 0.311. The van der Waals surface area contributed by atoms with Gasteiger partial charge in [0.25, 0.3) is 0 Å². The fraction of sp³-hybridized carbons (Fsp3) is 0.227. The monoisotopic (exact) mass is 362 g/mol. The Morgan fingerprint density at radius 3 is 2.52 bits per heavy atom. The lowest BCUT2D eigenvalue weighted by Crippen LogP contribution is -2.05. The molecule has 0 atom stereocenters. The second-order valence-corrected chi connectivity index (χ2v) is 6.85. The molecule has 0 saturated carbocycles. The predicted molar refractivity (Wildman–Crippen MR) is 103 cm³/mol. The quantitative estimate of drug-likeness (QED) is 0.447. The fourth-order valence-corrected chi connectivity index (χ4v) is 3.52. The summed E-state index contributed by atoms with van der Waals surface area (Å²) in [6, 6.07) is 9.73. The maximum absolute atomic E-state index is 12.0. The first-order chi connectivity index (χ1) is 13.1. The van der Waals surface area contributed by atoms with Gasteiger partial charge in [-0.3, -0.25) is 0 Å². The van der Waals surface area contributed by atoms with Crippen molar-refractivity contribution in [2.75, 3.05) is 13.2 Å². The first-order valence-corrected chi connectivity index (χ1v) is 8.97. The van der Waals surface area contributed by atoms with Crippen molar-refractivity contribution >= 4 is 21.9 Å². The number of benzene rings is 2. The summed E-state index contributed by atoms with van der Waals surface area (Å²) in [6.07, 6.45) is 2.59. The zero-order valence-electron chi connectivity index (χ0n) is 15.1. The van der Waals surface area contributed by atoms with Crippen LogP contribution in [-0.4, -0.2) is 13.2 Å². The van der Waals surface area contributed by atoms with Gasteiger partial charge < -0.3 is 18.3 Å². The second-order valence-electron chi connectivity index (χ2n) is 6.85.